The molecule has 33 heavy (non-hydrogen) atoms. The Hall–Kier alpha value is -4.05. The number of ether oxygens (including phenoxy) is 1. The molecule has 0 fully saturated rings. The molecule has 0 saturated heterocycles. The lowest BCUT2D eigenvalue weighted by molar-refractivity contribution is -0.137. The molecular weight excluding hydrogens is 441 g/mol. The van der Waals surface area contributed by atoms with Crippen LogP contribution in [0.3, 0.4) is 0 Å². The summed E-state index contributed by atoms with van der Waals surface area (Å²) in [6, 6.07) is 1.93. The molecule has 0 bridgehead atoms. The van der Waals surface area contributed by atoms with Crippen LogP contribution in [0, 0.1) is 18.3 Å². The first-order valence-electron chi connectivity index (χ1n) is 9.63. The van der Waals surface area contributed by atoms with Crippen LogP contribution in [0.1, 0.15) is 41.8 Å². The van der Waals surface area contributed by atoms with Crippen molar-refractivity contribution in [2.45, 2.75) is 32.5 Å². The molecule has 10 nitrogen and oxygen atoms in total. The molecule has 3 rings (SSSR count). The maximum Gasteiger partial charge on any atom is 0.420 e. The zero-order chi connectivity index (χ0) is 24.2. The van der Waals surface area contributed by atoms with Gasteiger partial charge in [-0.05, 0) is 19.4 Å². The van der Waals surface area contributed by atoms with E-state index < -0.39 is 29.7 Å². The van der Waals surface area contributed by atoms with E-state index in [0.717, 1.165) is 17.1 Å². The average Bonchev–Trinajstić information content (AvgIpc) is 3.30. The van der Waals surface area contributed by atoms with E-state index >= 15 is 0 Å². The Morgan fingerprint density at radius 2 is 1.94 bits per heavy atom. The maximum absolute atomic E-state index is 13.6. The highest BCUT2D eigenvalue weighted by Gasteiger charge is 2.36. The average molecular weight is 460 g/mol. The van der Waals surface area contributed by atoms with Gasteiger partial charge in [-0.15, -0.1) is 4.80 Å². The second-order valence-corrected chi connectivity index (χ2v) is 6.78. The van der Waals surface area contributed by atoms with E-state index in [9.17, 15) is 23.2 Å². The fourth-order valence-corrected chi connectivity index (χ4v) is 3.19. The summed E-state index contributed by atoms with van der Waals surface area (Å²) in [5.41, 5.74) is -0.0125. The molecule has 172 valence electrons. The lowest BCUT2D eigenvalue weighted by Gasteiger charge is -2.20. The number of methoxy groups -OCH3 is 1. The van der Waals surface area contributed by atoms with Crippen molar-refractivity contribution in [2.75, 3.05) is 17.7 Å². The summed E-state index contributed by atoms with van der Waals surface area (Å²) in [5.74, 6) is -0.534. The van der Waals surface area contributed by atoms with Crippen LogP contribution in [-0.2, 0) is 10.9 Å². The summed E-state index contributed by atoms with van der Waals surface area (Å²) in [5, 5.41) is 21.7. The van der Waals surface area contributed by atoms with Crippen LogP contribution in [0.15, 0.2) is 30.9 Å². The minimum atomic E-state index is -4.77. The maximum atomic E-state index is 13.6. The Balaban J connectivity index is 1.91. The standard InChI is InChI=1S/C20H19F3N8O2/c1-4-16(33-3)17-13(8-24)11(2)25-10-15(17)30-19(32)29-12-7-14(20(21,22)23)18(26-9-12)31-27-5-6-28-31/h5-7,9-10,16H,4H2,1-3H3,(H2,29,30,32)/t16-/m0/s1. The second-order valence-electron chi connectivity index (χ2n) is 6.78. The number of nitrogens with zero attached hydrogens (tertiary/aromatic N) is 6. The smallest absolute Gasteiger partial charge is 0.377 e. The van der Waals surface area contributed by atoms with Gasteiger partial charge in [0.2, 0.25) is 0 Å². The van der Waals surface area contributed by atoms with Crippen LogP contribution in [0.25, 0.3) is 5.82 Å². The van der Waals surface area contributed by atoms with Crippen molar-refractivity contribution in [2.24, 2.45) is 0 Å². The zero-order valence-electron chi connectivity index (χ0n) is 17.8. The monoisotopic (exact) mass is 460 g/mol. The lowest BCUT2D eigenvalue weighted by Crippen LogP contribution is -2.23. The number of carbonyl (C=O) groups is 1. The number of alkyl halides is 3. The predicted octanol–water partition coefficient (Wildman–Crippen LogP) is 4.00. The number of pyridine rings is 2. The summed E-state index contributed by atoms with van der Waals surface area (Å²) < 4.78 is 46.1. The van der Waals surface area contributed by atoms with E-state index in [-0.39, 0.29) is 16.9 Å². The number of carbonyl (C=O) groups excluding carboxylic acids is 1. The van der Waals surface area contributed by atoms with Crippen molar-refractivity contribution in [3.05, 3.63) is 53.2 Å². The van der Waals surface area contributed by atoms with E-state index in [1.54, 1.807) is 6.92 Å². The highest BCUT2D eigenvalue weighted by Crippen LogP contribution is 2.34. The number of amides is 2. The largest absolute Gasteiger partial charge is 0.420 e. The molecule has 0 aliphatic rings. The number of halogens is 3. The zero-order valence-corrected chi connectivity index (χ0v) is 17.8. The van der Waals surface area contributed by atoms with Crippen LogP contribution >= 0.6 is 0 Å². The Kier molecular flexibility index (Phi) is 6.88. The number of anilines is 2. The minimum absolute atomic E-state index is 0.199. The molecule has 0 aliphatic carbocycles. The van der Waals surface area contributed by atoms with Crippen LogP contribution in [-0.4, -0.2) is 38.1 Å². The van der Waals surface area contributed by atoms with Crippen molar-refractivity contribution in [1.29, 1.82) is 5.26 Å². The highest BCUT2D eigenvalue weighted by molar-refractivity contribution is 6.00. The van der Waals surface area contributed by atoms with Crippen molar-refractivity contribution in [3.63, 3.8) is 0 Å². The van der Waals surface area contributed by atoms with Crippen molar-refractivity contribution < 1.29 is 22.7 Å². The van der Waals surface area contributed by atoms with E-state index in [0.29, 0.717) is 17.7 Å². The fraction of sp³-hybridized carbons (Fsp3) is 0.300. The molecule has 0 aliphatic heterocycles. The molecule has 2 amide bonds. The number of urea groups is 1. The number of rotatable bonds is 6. The van der Waals surface area contributed by atoms with E-state index in [4.69, 9.17) is 4.74 Å². The van der Waals surface area contributed by atoms with Gasteiger partial charge in [0, 0.05) is 12.7 Å². The molecule has 0 saturated carbocycles. The van der Waals surface area contributed by atoms with Gasteiger partial charge in [-0.1, -0.05) is 6.92 Å². The summed E-state index contributed by atoms with van der Waals surface area (Å²) in [6.07, 6.45) is 0.0717. The Bertz CT molecular complexity index is 1190. The molecule has 0 radical (unpaired) electrons. The highest BCUT2D eigenvalue weighted by atomic mass is 19.4. The molecule has 0 spiro atoms. The van der Waals surface area contributed by atoms with Gasteiger partial charge >= 0.3 is 12.2 Å². The van der Waals surface area contributed by atoms with Gasteiger partial charge in [-0.2, -0.15) is 28.6 Å². The minimum Gasteiger partial charge on any atom is -0.377 e. The molecule has 13 heteroatoms. The molecule has 3 aromatic heterocycles. The van der Waals surface area contributed by atoms with Crippen molar-refractivity contribution >= 4 is 17.4 Å². The summed E-state index contributed by atoms with van der Waals surface area (Å²) in [4.78, 5) is 21.2. The van der Waals surface area contributed by atoms with E-state index in [1.165, 1.54) is 25.7 Å². The SMILES string of the molecule is CC[C@H](OC)c1c(NC(=O)Nc2cnc(-n3nccn3)c(C(F)(F)F)c2)cnc(C)c1C#N. The topological polar surface area (TPSA) is 131 Å². The number of hydrogen-bond acceptors (Lipinski definition) is 7. The van der Waals surface area contributed by atoms with Gasteiger partial charge in [-0.25, -0.2) is 9.78 Å². The first kappa shape index (κ1) is 23.6. The number of nitriles is 1. The van der Waals surface area contributed by atoms with Crippen molar-refractivity contribution in [3.8, 4) is 11.9 Å². The molecule has 3 heterocycles. The number of nitrogens with one attached hydrogen (secondary N) is 2. The van der Waals surface area contributed by atoms with Crippen LogP contribution in [0.2, 0.25) is 0 Å². The van der Waals surface area contributed by atoms with Gasteiger partial charge in [0.15, 0.2) is 5.82 Å². The van der Waals surface area contributed by atoms with E-state index in [1.807, 2.05) is 6.92 Å². The molecular formula is C20H19F3N8O2. The summed E-state index contributed by atoms with van der Waals surface area (Å²) >= 11 is 0. The Labute approximate surface area is 186 Å². The van der Waals surface area contributed by atoms with Gasteiger partial charge in [-0.3, -0.25) is 4.98 Å². The lowest BCUT2D eigenvalue weighted by atomic mass is 9.99. The van der Waals surface area contributed by atoms with Crippen LogP contribution in [0.5, 0.6) is 0 Å². The number of aryl methyl sites for hydroxylation is 1. The third-order valence-electron chi connectivity index (χ3n) is 4.68. The predicted molar refractivity (Wildman–Crippen MR) is 111 cm³/mol. The first-order valence-corrected chi connectivity index (χ1v) is 9.63. The van der Waals surface area contributed by atoms with Crippen molar-refractivity contribution in [1.82, 2.24) is 25.0 Å². The Morgan fingerprint density at radius 1 is 1.24 bits per heavy atom. The molecule has 3 aromatic rings. The van der Waals surface area contributed by atoms with Gasteiger partial charge in [0.1, 0.15) is 11.6 Å². The first-order chi connectivity index (χ1) is 15.7. The third-order valence-corrected chi connectivity index (χ3v) is 4.68. The van der Waals surface area contributed by atoms with E-state index in [2.05, 4.69) is 36.9 Å². The van der Waals surface area contributed by atoms with Gasteiger partial charge in [0.25, 0.3) is 0 Å². The second kappa shape index (κ2) is 9.61. The van der Waals surface area contributed by atoms with Gasteiger partial charge < -0.3 is 15.4 Å². The normalized spacial score (nSPS) is 12.2. The number of hydrogen-bond donors (Lipinski definition) is 2. The molecule has 2 N–H and O–H groups in total. The van der Waals surface area contributed by atoms with Crippen LogP contribution < -0.4 is 10.6 Å². The number of aromatic nitrogens is 5. The summed E-state index contributed by atoms with van der Waals surface area (Å²) in [7, 11) is 1.47. The molecule has 0 unspecified atom stereocenters. The molecule has 1 atom stereocenters. The molecule has 0 aromatic carbocycles. The quantitative estimate of drug-likeness (QED) is 0.568. The van der Waals surface area contributed by atoms with Gasteiger partial charge in [0.05, 0.1) is 53.5 Å². The summed E-state index contributed by atoms with van der Waals surface area (Å²) in [6.45, 7) is 3.49. The Morgan fingerprint density at radius 3 is 2.52 bits per heavy atom. The van der Waals surface area contributed by atoms with Crippen LogP contribution in [0.4, 0.5) is 29.3 Å². The fourth-order valence-electron chi connectivity index (χ4n) is 3.19. The third kappa shape index (κ3) is 5.07.